The Labute approximate surface area is 125 Å². The van der Waals surface area contributed by atoms with Crippen molar-refractivity contribution < 1.29 is 4.74 Å². The molecule has 0 radical (unpaired) electrons. The average Bonchev–Trinajstić information content (AvgIpc) is 3.04. The van der Waals surface area contributed by atoms with E-state index >= 15 is 0 Å². The van der Waals surface area contributed by atoms with Gasteiger partial charge < -0.3 is 9.64 Å². The van der Waals surface area contributed by atoms with Crippen LogP contribution in [-0.4, -0.2) is 41.6 Å². The van der Waals surface area contributed by atoms with Gasteiger partial charge in [-0.1, -0.05) is 18.2 Å². The summed E-state index contributed by atoms with van der Waals surface area (Å²) in [6.45, 7) is 3.61. The fourth-order valence-electron chi connectivity index (χ4n) is 2.71. The van der Waals surface area contributed by atoms with E-state index in [-0.39, 0.29) is 0 Å². The van der Waals surface area contributed by atoms with Crippen molar-refractivity contribution in [2.75, 3.05) is 26.7 Å². The minimum atomic E-state index is 0.589. The van der Waals surface area contributed by atoms with Crippen LogP contribution in [0.1, 0.15) is 25.0 Å². The third kappa shape index (κ3) is 3.39. The summed E-state index contributed by atoms with van der Waals surface area (Å²) in [6, 6.07) is 7.86. The topological polar surface area (TPSA) is 38.3 Å². The van der Waals surface area contributed by atoms with Crippen molar-refractivity contribution in [1.82, 2.24) is 14.9 Å². The van der Waals surface area contributed by atoms with Crippen molar-refractivity contribution in [3.05, 3.63) is 36.0 Å². The van der Waals surface area contributed by atoms with Crippen LogP contribution in [0.5, 0.6) is 5.88 Å². The molecule has 2 aromatic rings. The Kier molecular flexibility index (Phi) is 4.46. The maximum absolute atomic E-state index is 5.35. The lowest BCUT2D eigenvalue weighted by molar-refractivity contribution is 0.346. The number of nitrogens with zero attached hydrogens (tertiary/aromatic N) is 3. The van der Waals surface area contributed by atoms with Crippen LogP contribution >= 0.6 is 0 Å². The van der Waals surface area contributed by atoms with Crippen LogP contribution in [0, 0.1) is 0 Å². The second kappa shape index (κ2) is 6.68. The van der Waals surface area contributed by atoms with Gasteiger partial charge in [-0.05, 0) is 50.6 Å². The van der Waals surface area contributed by atoms with Gasteiger partial charge in [0.1, 0.15) is 5.69 Å². The highest BCUT2D eigenvalue weighted by atomic mass is 16.5. The lowest BCUT2D eigenvalue weighted by atomic mass is 10.2. The van der Waals surface area contributed by atoms with Gasteiger partial charge in [0, 0.05) is 6.54 Å². The fraction of sp³-hybridized carbons (Fsp3) is 0.412. The van der Waals surface area contributed by atoms with Gasteiger partial charge in [0.05, 0.1) is 18.1 Å². The number of hydrogen-bond acceptors (Lipinski definition) is 4. The Bertz CT molecular complexity index is 633. The third-order valence-corrected chi connectivity index (χ3v) is 3.84. The molecular formula is C17H21N3O. The van der Waals surface area contributed by atoms with E-state index in [2.05, 4.69) is 20.9 Å². The molecule has 1 aliphatic heterocycles. The van der Waals surface area contributed by atoms with E-state index in [1.807, 2.05) is 30.3 Å². The number of ether oxygens (including phenoxy) is 1. The summed E-state index contributed by atoms with van der Waals surface area (Å²) in [6.07, 6.45) is 7.91. The predicted molar refractivity (Wildman–Crippen MR) is 85.4 cm³/mol. The van der Waals surface area contributed by atoms with Crippen LogP contribution in [0.25, 0.3) is 17.1 Å². The first-order chi connectivity index (χ1) is 10.4. The number of para-hydroxylation sites is 2. The van der Waals surface area contributed by atoms with Crippen molar-refractivity contribution >= 4 is 17.1 Å². The van der Waals surface area contributed by atoms with Gasteiger partial charge in [-0.2, -0.15) is 0 Å². The van der Waals surface area contributed by atoms with Gasteiger partial charge in [0.25, 0.3) is 0 Å². The minimum absolute atomic E-state index is 0.589. The van der Waals surface area contributed by atoms with Gasteiger partial charge >= 0.3 is 0 Å². The molecule has 1 saturated heterocycles. The number of aromatic nitrogens is 2. The van der Waals surface area contributed by atoms with E-state index in [1.165, 1.54) is 25.9 Å². The third-order valence-electron chi connectivity index (χ3n) is 3.84. The molecular weight excluding hydrogens is 262 g/mol. The number of hydrogen-bond donors (Lipinski definition) is 0. The molecule has 0 unspecified atom stereocenters. The van der Waals surface area contributed by atoms with Gasteiger partial charge in [-0.3, -0.25) is 0 Å². The molecule has 0 saturated carbocycles. The van der Waals surface area contributed by atoms with Gasteiger partial charge in [0.15, 0.2) is 0 Å². The zero-order valence-electron chi connectivity index (χ0n) is 12.5. The number of rotatable bonds is 5. The molecule has 3 rings (SSSR count). The first-order valence-electron chi connectivity index (χ1n) is 7.56. The molecule has 2 heterocycles. The van der Waals surface area contributed by atoms with Crippen LogP contribution in [-0.2, 0) is 0 Å². The summed E-state index contributed by atoms with van der Waals surface area (Å²) in [7, 11) is 1.64. The zero-order chi connectivity index (χ0) is 14.5. The monoisotopic (exact) mass is 283 g/mol. The molecule has 0 N–H and O–H groups in total. The minimum Gasteiger partial charge on any atom is -0.479 e. The average molecular weight is 283 g/mol. The standard InChI is InChI=1S/C17H21N3O/c1-21-17-16(10-4-5-11-20-12-6-7-13-20)18-14-8-2-3-9-15(14)19-17/h2-4,8-10H,5-7,11-13H2,1H3. The molecule has 4 nitrogen and oxygen atoms in total. The Balaban J connectivity index is 1.72. The molecule has 0 bridgehead atoms. The molecule has 1 aliphatic rings. The maximum Gasteiger partial charge on any atom is 0.240 e. The number of methoxy groups -OCH3 is 1. The van der Waals surface area contributed by atoms with Crippen molar-refractivity contribution in [3.8, 4) is 5.88 Å². The molecule has 1 aromatic carbocycles. The Morgan fingerprint density at radius 2 is 1.86 bits per heavy atom. The zero-order valence-corrected chi connectivity index (χ0v) is 12.5. The predicted octanol–water partition coefficient (Wildman–Crippen LogP) is 3.14. The van der Waals surface area contributed by atoms with Crippen molar-refractivity contribution in [2.24, 2.45) is 0 Å². The number of fused-ring (bicyclic) bond motifs is 1. The van der Waals surface area contributed by atoms with Crippen LogP contribution in [0.15, 0.2) is 30.3 Å². The van der Waals surface area contributed by atoms with E-state index < -0.39 is 0 Å². The highest BCUT2D eigenvalue weighted by molar-refractivity contribution is 5.76. The second-order valence-corrected chi connectivity index (χ2v) is 5.35. The van der Waals surface area contributed by atoms with Crippen LogP contribution in [0.3, 0.4) is 0 Å². The summed E-state index contributed by atoms with van der Waals surface area (Å²) >= 11 is 0. The van der Waals surface area contributed by atoms with E-state index in [0.29, 0.717) is 5.88 Å². The van der Waals surface area contributed by atoms with E-state index in [9.17, 15) is 0 Å². The van der Waals surface area contributed by atoms with Crippen molar-refractivity contribution in [2.45, 2.75) is 19.3 Å². The second-order valence-electron chi connectivity index (χ2n) is 5.35. The summed E-state index contributed by atoms with van der Waals surface area (Å²) < 4.78 is 5.35. The van der Waals surface area contributed by atoms with Gasteiger partial charge in [-0.15, -0.1) is 0 Å². The molecule has 1 aromatic heterocycles. The van der Waals surface area contributed by atoms with Gasteiger partial charge in [-0.25, -0.2) is 9.97 Å². The smallest absolute Gasteiger partial charge is 0.240 e. The molecule has 110 valence electrons. The van der Waals surface area contributed by atoms with Crippen LogP contribution < -0.4 is 4.74 Å². The molecule has 0 aliphatic carbocycles. The van der Waals surface area contributed by atoms with Crippen molar-refractivity contribution in [3.63, 3.8) is 0 Å². The molecule has 0 atom stereocenters. The highest BCUT2D eigenvalue weighted by Gasteiger charge is 2.10. The van der Waals surface area contributed by atoms with E-state index in [4.69, 9.17) is 4.74 Å². The van der Waals surface area contributed by atoms with E-state index in [0.717, 1.165) is 29.7 Å². The van der Waals surface area contributed by atoms with Crippen LogP contribution in [0.2, 0.25) is 0 Å². The largest absolute Gasteiger partial charge is 0.479 e. The van der Waals surface area contributed by atoms with Crippen molar-refractivity contribution in [1.29, 1.82) is 0 Å². The Morgan fingerprint density at radius 3 is 2.57 bits per heavy atom. The quantitative estimate of drug-likeness (QED) is 0.845. The molecule has 0 spiro atoms. The fourth-order valence-corrected chi connectivity index (χ4v) is 2.71. The number of likely N-dealkylation sites (tertiary alicyclic amines) is 1. The molecule has 0 amide bonds. The molecule has 4 heteroatoms. The van der Waals surface area contributed by atoms with Gasteiger partial charge in [0.2, 0.25) is 5.88 Å². The van der Waals surface area contributed by atoms with Crippen LogP contribution in [0.4, 0.5) is 0 Å². The Hall–Kier alpha value is -1.94. The first kappa shape index (κ1) is 14.0. The summed E-state index contributed by atoms with van der Waals surface area (Å²) in [5, 5.41) is 0. The highest BCUT2D eigenvalue weighted by Crippen LogP contribution is 2.20. The molecule has 1 fully saturated rings. The Morgan fingerprint density at radius 1 is 1.14 bits per heavy atom. The summed E-state index contributed by atoms with van der Waals surface area (Å²) in [4.78, 5) is 11.6. The first-order valence-corrected chi connectivity index (χ1v) is 7.56. The normalized spacial score (nSPS) is 16.0. The summed E-state index contributed by atoms with van der Waals surface area (Å²) in [5.41, 5.74) is 2.57. The molecule has 21 heavy (non-hydrogen) atoms. The SMILES string of the molecule is COc1nc2ccccc2nc1C=CCCN1CCCC1. The number of benzene rings is 1. The van der Waals surface area contributed by atoms with E-state index in [1.54, 1.807) is 7.11 Å². The lowest BCUT2D eigenvalue weighted by Gasteiger charge is -2.12. The maximum atomic E-state index is 5.35. The summed E-state index contributed by atoms with van der Waals surface area (Å²) in [5.74, 6) is 0.589. The lowest BCUT2D eigenvalue weighted by Crippen LogP contribution is -2.19.